The van der Waals surface area contributed by atoms with Gasteiger partial charge in [-0.15, -0.1) is 0 Å². The molecule has 1 aromatic carbocycles. The lowest BCUT2D eigenvalue weighted by Gasteiger charge is -2.40. The first-order valence-electron chi connectivity index (χ1n) is 9.33. The van der Waals surface area contributed by atoms with Crippen molar-refractivity contribution in [2.24, 2.45) is 0 Å². The predicted molar refractivity (Wildman–Crippen MR) is 116 cm³/mol. The van der Waals surface area contributed by atoms with E-state index < -0.39 is 33.9 Å². The normalized spacial score (nSPS) is 16.3. The first kappa shape index (κ1) is 22.8. The highest BCUT2D eigenvalue weighted by atomic mass is 28.5. The van der Waals surface area contributed by atoms with Crippen LogP contribution in [-0.4, -0.2) is 33.9 Å². The lowest BCUT2D eigenvalue weighted by atomic mass is 10.0. The van der Waals surface area contributed by atoms with E-state index >= 15 is 0 Å². The monoisotopic (exact) mass is 412 g/mol. The van der Waals surface area contributed by atoms with Crippen LogP contribution in [0.3, 0.4) is 0 Å². The van der Waals surface area contributed by atoms with Crippen LogP contribution in [0.5, 0.6) is 0 Å². The topological polar surface area (TPSA) is 35.5 Å². The summed E-state index contributed by atoms with van der Waals surface area (Å²) >= 11 is 0. The van der Waals surface area contributed by atoms with Gasteiger partial charge in [0, 0.05) is 5.67 Å². The quantitative estimate of drug-likeness (QED) is 0.448. The van der Waals surface area contributed by atoms with Gasteiger partial charge in [0.15, 0.2) is 16.6 Å². The zero-order chi connectivity index (χ0) is 19.3. The molecule has 7 heteroatoms. The second-order valence-corrected chi connectivity index (χ2v) is 23.9. The minimum atomic E-state index is -2.22. The molecule has 0 aliphatic rings. The smallest absolute Gasteiger partial charge is 0.311 e. The second-order valence-electron chi connectivity index (χ2n) is 8.75. The van der Waals surface area contributed by atoms with Crippen LogP contribution in [0, 0.1) is 0 Å². The van der Waals surface area contributed by atoms with Gasteiger partial charge in [-0.3, -0.25) is 0 Å². The van der Waals surface area contributed by atoms with Crippen LogP contribution in [0.1, 0.15) is 25.3 Å². The molecule has 0 saturated heterocycles. The van der Waals surface area contributed by atoms with Gasteiger partial charge >= 0.3 is 8.56 Å². The summed E-state index contributed by atoms with van der Waals surface area (Å²) in [5, 5.41) is 0. The zero-order valence-corrected chi connectivity index (χ0v) is 21.3. The Labute approximate surface area is 159 Å². The molecule has 0 saturated carbocycles. The van der Waals surface area contributed by atoms with Crippen molar-refractivity contribution in [3.8, 4) is 0 Å². The molecule has 0 aliphatic carbocycles. The Bertz CT molecular complexity index is 557. The summed E-state index contributed by atoms with van der Waals surface area (Å²) in [5.41, 5.74) is 2.11. The van der Waals surface area contributed by atoms with Crippen molar-refractivity contribution in [2.75, 3.05) is 0 Å². The lowest BCUT2D eigenvalue weighted by molar-refractivity contribution is 0.388. The average Bonchev–Trinajstić information content (AvgIpc) is 2.44. The van der Waals surface area contributed by atoms with Gasteiger partial charge in [0.05, 0.1) is 0 Å². The second kappa shape index (κ2) is 9.14. The standard InChI is InChI=1S/C18H36O3Si4/c1-9-22(19)16-25(8,21-24(6,7)20-23(3,4)5)15-17(2)18-13-11-10-12-14-18/h10-14,17H,9,15-16H2,1-8H3. The van der Waals surface area contributed by atoms with Gasteiger partial charge in [0.1, 0.15) is 0 Å². The number of benzene rings is 1. The largest absolute Gasteiger partial charge is 0.437 e. The molecule has 0 N–H and O–H groups in total. The molecule has 0 spiro atoms. The van der Waals surface area contributed by atoms with E-state index in [9.17, 15) is 4.46 Å². The molecule has 2 unspecified atom stereocenters. The summed E-state index contributed by atoms with van der Waals surface area (Å²) in [4.78, 5) is 0. The van der Waals surface area contributed by atoms with Gasteiger partial charge < -0.3 is 12.7 Å². The molecule has 25 heavy (non-hydrogen) atoms. The van der Waals surface area contributed by atoms with Crippen molar-refractivity contribution in [3.05, 3.63) is 35.9 Å². The molecular weight excluding hydrogens is 377 g/mol. The van der Waals surface area contributed by atoms with Crippen LogP contribution in [0.25, 0.3) is 0 Å². The van der Waals surface area contributed by atoms with Crippen molar-refractivity contribution in [3.63, 3.8) is 0 Å². The van der Waals surface area contributed by atoms with E-state index in [1.54, 1.807) is 0 Å². The summed E-state index contributed by atoms with van der Waals surface area (Å²) in [6, 6.07) is 12.4. The van der Waals surface area contributed by atoms with E-state index in [0.717, 1.165) is 17.8 Å². The molecule has 3 nitrogen and oxygen atoms in total. The predicted octanol–water partition coefficient (Wildman–Crippen LogP) is 5.92. The maximum atomic E-state index is 12.4. The Kier molecular flexibility index (Phi) is 8.35. The average molecular weight is 413 g/mol. The summed E-state index contributed by atoms with van der Waals surface area (Å²) in [7, 11) is -7.56. The van der Waals surface area contributed by atoms with Crippen LogP contribution < -0.4 is 0 Å². The first-order chi connectivity index (χ1) is 11.4. The molecule has 0 fully saturated rings. The van der Waals surface area contributed by atoms with Crippen LogP contribution >= 0.6 is 0 Å². The first-order valence-corrected chi connectivity index (χ1v) is 20.2. The van der Waals surface area contributed by atoms with Crippen molar-refractivity contribution >= 4 is 33.9 Å². The fourth-order valence-corrected chi connectivity index (χ4v) is 22.5. The Balaban J connectivity index is 2.98. The third-order valence-electron chi connectivity index (χ3n) is 4.12. The molecule has 142 valence electrons. The van der Waals surface area contributed by atoms with Gasteiger partial charge in [-0.05, 0) is 62.9 Å². The van der Waals surface area contributed by atoms with Gasteiger partial charge in [0.25, 0.3) is 8.68 Å². The molecule has 0 amide bonds. The third kappa shape index (κ3) is 8.83. The number of hydrogen-bond donors (Lipinski definition) is 0. The van der Waals surface area contributed by atoms with Crippen molar-refractivity contribution in [2.45, 2.75) is 76.8 Å². The molecule has 2 atom stereocenters. The Morgan fingerprint density at radius 2 is 1.56 bits per heavy atom. The SMILES string of the molecule is CC[Si](=O)C[Si](C)(CC(C)c1ccccc1)O[Si](C)(C)O[Si](C)(C)C. The van der Waals surface area contributed by atoms with Gasteiger partial charge in [-0.2, -0.15) is 0 Å². The highest BCUT2D eigenvalue weighted by Gasteiger charge is 2.42. The summed E-state index contributed by atoms with van der Waals surface area (Å²) in [5.74, 6) is 0.418. The minimum Gasteiger partial charge on any atom is -0.437 e. The minimum absolute atomic E-state index is 0.418. The van der Waals surface area contributed by atoms with E-state index in [2.05, 4.69) is 76.5 Å². The summed E-state index contributed by atoms with van der Waals surface area (Å²) in [6.07, 6.45) is 0. The maximum absolute atomic E-state index is 12.4. The fourth-order valence-electron chi connectivity index (χ4n) is 3.59. The van der Waals surface area contributed by atoms with E-state index in [4.69, 9.17) is 8.23 Å². The molecule has 0 aromatic heterocycles. The Morgan fingerprint density at radius 1 is 1.00 bits per heavy atom. The molecule has 1 aromatic rings. The van der Waals surface area contributed by atoms with Crippen molar-refractivity contribution in [1.82, 2.24) is 0 Å². The van der Waals surface area contributed by atoms with E-state index in [0.29, 0.717) is 5.92 Å². The molecule has 0 bridgehead atoms. The number of hydrogen-bond acceptors (Lipinski definition) is 3. The van der Waals surface area contributed by atoms with Gasteiger partial charge in [-0.1, -0.05) is 44.2 Å². The van der Waals surface area contributed by atoms with Gasteiger partial charge in [0.2, 0.25) is 0 Å². The van der Waals surface area contributed by atoms with Crippen molar-refractivity contribution < 1.29 is 12.7 Å². The summed E-state index contributed by atoms with van der Waals surface area (Å²) in [6.45, 7) is 17.5. The van der Waals surface area contributed by atoms with Gasteiger partial charge in [-0.25, -0.2) is 0 Å². The molecule has 0 heterocycles. The molecular formula is C18H36O3Si4. The highest BCUT2D eigenvalue weighted by Crippen LogP contribution is 2.33. The zero-order valence-electron chi connectivity index (χ0n) is 17.3. The highest BCUT2D eigenvalue weighted by molar-refractivity contribution is 6.90. The van der Waals surface area contributed by atoms with Crippen LogP contribution in [0.2, 0.25) is 57.0 Å². The Morgan fingerprint density at radius 3 is 2.04 bits per heavy atom. The fraction of sp³-hybridized carbons (Fsp3) is 0.667. The van der Waals surface area contributed by atoms with E-state index in [1.165, 1.54) is 5.56 Å². The van der Waals surface area contributed by atoms with E-state index in [-0.39, 0.29) is 0 Å². The molecule has 1 rings (SSSR count). The third-order valence-corrected chi connectivity index (χ3v) is 19.3. The van der Waals surface area contributed by atoms with Crippen LogP contribution in [0.4, 0.5) is 0 Å². The van der Waals surface area contributed by atoms with Crippen LogP contribution in [0.15, 0.2) is 30.3 Å². The Hall–Kier alpha value is -0.192. The molecule has 0 radical (unpaired) electrons. The van der Waals surface area contributed by atoms with Crippen molar-refractivity contribution in [1.29, 1.82) is 0 Å². The summed E-state index contributed by atoms with van der Waals surface area (Å²) < 4.78 is 25.6. The van der Waals surface area contributed by atoms with E-state index in [1.807, 2.05) is 6.92 Å². The molecule has 0 aliphatic heterocycles. The number of rotatable bonds is 10. The lowest BCUT2D eigenvalue weighted by Crippen LogP contribution is -2.53. The van der Waals surface area contributed by atoms with Crippen LogP contribution in [-0.2, 0) is 12.7 Å². The maximum Gasteiger partial charge on any atom is 0.311 e.